The summed E-state index contributed by atoms with van der Waals surface area (Å²) in [5, 5.41) is 11.4. The van der Waals surface area contributed by atoms with Crippen molar-refractivity contribution in [3.8, 4) is 0 Å². The number of hydrogen-bond donors (Lipinski definition) is 4. The molecule has 0 bridgehead atoms. The highest BCUT2D eigenvalue weighted by molar-refractivity contribution is 6.03. The minimum atomic E-state index is -1.00. The lowest BCUT2D eigenvalue weighted by molar-refractivity contribution is -0.114. The van der Waals surface area contributed by atoms with E-state index in [2.05, 4.69) is 21.3 Å². The van der Waals surface area contributed by atoms with Crippen LogP contribution in [0, 0.1) is 0 Å². The SMILES string of the molecule is CNC(NC)(NC)C(=O)c1ccc(NC(C)=O)cc1. The summed E-state index contributed by atoms with van der Waals surface area (Å²) >= 11 is 0. The fourth-order valence-corrected chi connectivity index (χ4v) is 1.84. The van der Waals surface area contributed by atoms with E-state index in [4.69, 9.17) is 0 Å². The number of hydrogen-bond acceptors (Lipinski definition) is 5. The van der Waals surface area contributed by atoms with Gasteiger partial charge in [-0.25, -0.2) is 0 Å². The summed E-state index contributed by atoms with van der Waals surface area (Å²) in [6.07, 6.45) is 0. The van der Waals surface area contributed by atoms with Gasteiger partial charge >= 0.3 is 0 Å². The fourth-order valence-electron chi connectivity index (χ4n) is 1.84. The zero-order chi connectivity index (χ0) is 14.5. The van der Waals surface area contributed by atoms with Crippen LogP contribution in [0.1, 0.15) is 17.3 Å². The Morgan fingerprint density at radius 3 is 1.79 bits per heavy atom. The molecule has 1 amide bonds. The zero-order valence-electron chi connectivity index (χ0n) is 11.6. The first kappa shape index (κ1) is 15.3. The molecule has 0 radical (unpaired) electrons. The monoisotopic (exact) mass is 264 g/mol. The van der Waals surface area contributed by atoms with Gasteiger partial charge in [-0.05, 0) is 45.4 Å². The number of likely N-dealkylation sites (N-methyl/N-ethyl adjacent to an activating group) is 3. The van der Waals surface area contributed by atoms with Crippen LogP contribution in [0.5, 0.6) is 0 Å². The van der Waals surface area contributed by atoms with Gasteiger partial charge in [-0.3, -0.25) is 25.5 Å². The van der Waals surface area contributed by atoms with Gasteiger partial charge in [0.2, 0.25) is 11.7 Å². The molecular weight excluding hydrogens is 244 g/mol. The van der Waals surface area contributed by atoms with E-state index in [9.17, 15) is 9.59 Å². The quantitative estimate of drug-likeness (QED) is 0.434. The third-order valence-electron chi connectivity index (χ3n) is 2.93. The second-order valence-corrected chi connectivity index (χ2v) is 4.09. The second kappa shape index (κ2) is 6.42. The Labute approximate surface area is 113 Å². The van der Waals surface area contributed by atoms with Gasteiger partial charge in [0.1, 0.15) is 0 Å². The summed E-state index contributed by atoms with van der Waals surface area (Å²) in [7, 11) is 5.07. The molecule has 0 fully saturated rings. The van der Waals surface area contributed by atoms with Crippen LogP contribution in [-0.2, 0) is 4.79 Å². The first-order chi connectivity index (χ1) is 8.99. The Balaban J connectivity index is 2.97. The Morgan fingerprint density at radius 2 is 1.42 bits per heavy atom. The van der Waals surface area contributed by atoms with Crippen molar-refractivity contribution >= 4 is 17.4 Å². The molecule has 0 aliphatic rings. The number of rotatable bonds is 6. The van der Waals surface area contributed by atoms with Gasteiger partial charge in [0, 0.05) is 18.2 Å². The maximum Gasteiger partial charge on any atom is 0.221 e. The number of ketones is 1. The van der Waals surface area contributed by atoms with Crippen LogP contribution in [0.25, 0.3) is 0 Å². The van der Waals surface area contributed by atoms with Gasteiger partial charge in [-0.15, -0.1) is 0 Å². The number of amides is 1. The van der Waals surface area contributed by atoms with Gasteiger partial charge in [0.05, 0.1) is 0 Å². The van der Waals surface area contributed by atoms with E-state index in [1.165, 1.54) is 6.92 Å². The Hall–Kier alpha value is -1.76. The van der Waals surface area contributed by atoms with E-state index in [-0.39, 0.29) is 11.7 Å². The van der Waals surface area contributed by atoms with E-state index in [1.807, 2.05) is 0 Å². The van der Waals surface area contributed by atoms with E-state index in [0.29, 0.717) is 11.3 Å². The molecule has 6 nitrogen and oxygen atoms in total. The van der Waals surface area contributed by atoms with Crippen molar-refractivity contribution in [2.75, 3.05) is 26.5 Å². The Morgan fingerprint density at radius 1 is 0.947 bits per heavy atom. The highest BCUT2D eigenvalue weighted by Gasteiger charge is 2.33. The first-order valence-corrected chi connectivity index (χ1v) is 5.98. The summed E-state index contributed by atoms with van der Waals surface area (Å²) in [6.45, 7) is 1.44. The van der Waals surface area contributed by atoms with Crippen molar-refractivity contribution in [1.29, 1.82) is 0 Å². The van der Waals surface area contributed by atoms with E-state index >= 15 is 0 Å². The predicted molar refractivity (Wildman–Crippen MR) is 75.0 cm³/mol. The Bertz CT molecular complexity index is 444. The highest BCUT2D eigenvalue weighted by atomic mass is 16.1. The average Bonchev–Trinajstić information content (AvgIpc) is 2.41. The van der Waals surface area contributed by atoms with Gasteiger partial charge in [-0.1, -0.05) is 0 Å². The number of benzene rings is 1. The normalized spacial score (nSPS) is 11.2. The van der Waals surface area contributed by atoms with Crippen molar-refractivity contribution in [2.45, 2.75) is 12.7 Å². The van der Waals surface area contributed by atoms with Gasteiger partial charge in [0.15, 0.2) is 5.79 Å². The fraction of sp³-hybridized carbons (Fsp3) is 0.385. The predicted octanol–water partition coefficient (Wildman–Crippen LogP) is 0.140. The van der Waals surface area contributed by atoms with Crippen molar-refractivity contribution < 1.29 is 9.59 Å². The number of Topliss-reactive ketones (excluding diaryl/α,β-unsaturated/α-hetero) is 1. The molecule has 0 saturated heterocycles. The molecule has 0 unspecified atom stereocenters. The molecule has 0 spiro atoms. The van der Waals surface area contributed by atoms with Crippen LogP contribution >= 0.6 is 0 Å². The maximum absolute atomic E-state index is 12.4. The molecule has 19 heavy (non-hydrogen) atoms. The molecule has 6 heteroatoms. The van der Waals surface area contributed by atoms with Gasteiger partial charge in [-0.2, -0.15) is 0 Å². The molecule has 104 valence electrons. The summed E-state index contributed by atoms with van der Waals surface area (Å²) in [5.41, 5.74) is 1.19. The molecule has 1 rings (SSSR count). The van der Waals surface area contributed by atoms with Crippen LogP contribution in [0.3, 0.4) is 0 Å². The number of nitrogens with one attached hydrogen (secondary N) is 4. The third-order valence-corrected chi connectivity index (χ3v) is 2.93. The van der Waals surface area contributed by atoms with Crippen molar-refractivity contribution in [3.05, 3.63) is 29.8 Å². The largest absolute Gasteiger partial charge is 0.326 e. The minimum Gasteiger partial charge on any atom is -0.326 e. The zero-order valence-corrected chi connectivity index (χ0v) is 11.6. The van der Waals surface area contributed by atoms with E-state index in [1.54, 1.807) is 45.4 Å². The van der Waals surface area contributed by atoms with Crippen LogP contribution in [0.15, 0.2) is 24.3 Å². The van der Waals surface area contributed by atoms with E-state index in [0.717, 1.165) is 0 Å². The average molecular weight is 264 g/mol. The van der Waals surface area contributed by atoms with E-state index < -0.39 is 5.79 Å². The molecule has 0 aliphatic carbocycles. The number of anilines is 1. The molecular formula is C13H20N4O2. The summed E-state index contributed by atoms with van der Waals surface area (Å²) in [6, 6.07) is 6.74. The van der Waals surface area contributed by atoms with Crippen LogP contribution in [0.2, 0.25) is 0 Å². The number of carbonyl (C=O) groups excluding carboxylic acids is 2. The lowest BCUT2D eigenvalue weighted by Gasteiger charge is -2.31. The van der Waals surface area contributed by atoms with Crippen molar-refractivity contribution in [3.63, 3.8) is 0 Å². The van der Waals surface area contributed by atoms with Gasteiger partial charge in [0.25, 0.3) is 0 Å². The molecule has 0 aliphatic heterocycles. The molecule has 0 atom stereocenters. The molecule has 1 aromatic carbocycles. The third kappa shape index (κ3) is 3.37. The topological polar surface area (TPSA) is 82.3 Å². The standard InChI is InChI=1S/C13H20N4O2/c1-9(18)17-11-7-5-10(6-8-11)12(19)13(14-2,15-3)16-4/h5-8,14-16H,1-4H3,(H,17,18). The molecule has 0 aromatic heterocycles. The second-order valence-electron chi connectivity index (χ2n) is 4.09. The summed E-state index contributed by atoms with van der Waals surface area (Å²) < 4.78 is 0. The first-order valence-electron chi connectivity index (χ1n) is 5.98. The summed E-state index contributed by atoms with van der Waals surface area (Å²) in [4.78, 5) is 23.3. The van der Waals surface area contributed by atoms with Gasteiger partial charge < -0.3 is 5.32 Å². The van der Waals surface area contributed by atoms with Crippen LogP contribution in [0.4, 0.5) is 5.69 Å². The molecule has 1 aromatic rings. The highest BCUT2D eigenvalue weighted by Crippen LogP contribution is 2.13. The smallest absolute Gasteiger partial charge is 0.221 e. The molecule has 0 saturated carbocycles. The lowest BCUT2D eigenvalue weighted by Crippen LogP contribution is -2.68. The molecule has 0 heterocycles. The van der Waals surface area contributed by atoms with Crippen molar-refractivity contribution in [1.82, 2.24) is 16.0 Å². The molecule has 4 N–H and O–H groups in total. The van der Waals surface area contributed by atoms with Crippen LogP contribution < -0.4 is 21.3 Å². The maximum atomic E-state index is 12.4. The lowest BCUT2D eigenvalue weighted by atomic mass is 10.0. The Kier molecular flexibility index (Phi) is 5.17. The minimum absolute atomic E-state index is 0.130. The van der Waals surface area contributed by atoms with Crippen molar-refractivity contribution in [2.24, 2.45) is 0 Å². The van der Waals surface area contributed by atoms with Crippen LogP contribution in [-0.4, -0.2) is 38.6 Å². The summed E-state index contributed by atoms with van der Waals surface area (Å²) in [5.74, 6) is -1.28. The number of carbonyl (C=O) groups is 2.